The van der Waals surface area contributed by atoms with E-state index < -0.39 is 19.9 Å². The normalized spacial score (nSPS) is 18.1. The molecular formula is C13H19NO4S2. The highest BCUT2D eigenvalue weighted by Gasteiger charge is 2.22. The van der Waals surface area contributed by atoms with Crippen LogP contribution in [0, 0.1) is 0 Å². The third kappa shape index (κ3) is 3.80. The van der Waals surface area contributed by atoms with E-state index in [1.165, 1.54) is 24.3 Å². The fourth-order valence-electron chi connectivity index (χ4n) is 2.37. The molecule has 1 aromatic carbocycles. The Bertz CT molecular complexity index is 657. The molecule has 0 aliphatic heterocycles. The van der Waals surface area contributed by atoms with Crippen LogP contribution in [0.5, 0.6) is 0 Å². The molecule has 1 aromatic rings. The van der Waals surface area contributed by atoms with E-state index in [1.807, 2.05) is 0 Å². The summed E-state index contributed by atoms with van der Waals surface area (Å²) >= 11 is 0. The van der Waals surface area contributed by atoms with Crippen molar-refractivity contribution in [3.8, 4) is 0 Å². The first-order valence-electron chi connectivity index (χ1n) is 6.61. The van der Waals surface area contributed by atoms with Gasteiger partial charge in [-0.15, -0.1) is 0 Å². The molecule has 1 aliphatic rings. The third-order valence-corrected chi connectivity index (χ3v) is 6.15. The van der Waals surface area contributed by atoms with E-state index in [2.05, 4.69) is 4.72 Å². The topological polar surface area (TPSA) is 80.3 Å². The van der Waals surface area contributed by atoms with Gasteiger partial charge in [-0.25, -0.2) is 21.6 Å². The summed E-state index contributed by atoms with van der Waals surface area (Å²) in [7, 11) is -6.87. The lowest BCUT2D eigenvalue weighted by molar-refractivity contribution is 0.412. The molecular weight excluding hydrogens is 298 g/mol. The van der Waals surface area contributed by atoms with Gasteiger partial charge in [0.2, 0.25) is 10.0 Å². The van der Waals surface area contributed by atoms with E-state index in [-0.39, 0.29) is 15.8 Å². The molecule has 0 radical (unpaired) electrons. The van der Waals surface area contributed by atoms with Gasteiger partial charge >= 0.3 is 0 Å². The molecule has 0 saturated heterocycles. The molecule has 1 N–H and O–H groups in total. The average Bonchev–Trinajstić information content (AvgIpc) is 2.38. The van der Waals surface area contributed by atoms with E-state index >= 15 is 0 Å². The monoisotopic (exact) mass is 317 g/mol. The van der Waals surface area contributed by atoms with Crippen LogP contribution in [0.1, 0.15) is 32.1 Å². The quantitative estimate of drug-likeness (QED) is 0.916. The molecule has 2 rings (SSSR count). The van der Waals surface area contributed by atoms with Crippen molar-refractivity contribution in [2.24, 2.45) is 0 Å². The lowest BCUT2D eigenvalue weighted by atomic mass is 9.96. The summed E-state index contributed by atoms with van der Waals surface area (Å²) in [5, 5.41) is 0. The zero-order valence-electron chi connectivity index (χ0n) is 11.4. The van der Waals surface area contributed by atoms with E-state index in [0.717, 1.165) is 38.4 Å². The van der Waals surface area contributed by atoms with Gasteiger partial charge in [0.05, 0.1) is 9.79 Å². The summed E-state index contributed by atoms with van der Waals surface area (Å²) in [5.41, 5.74) is 0. The van der Waals surface area contributed by atoms with Crippen LogP contribution in [0.4, 0.5) is 0 Å². The molecule has 0 unspecified atom stereocenters. The van der Waals surface area contributed by atoms with Crippen LogP contribution >= 0.6 is 0 Å². The lowest BCUT2D eigenvalue weighted by Crippen LogP contribution is -2.36. The van der Waals surface area contributed by atoms with Crippen molar-refractivity contribution in [1.29, 1.82) is 0 Å². The molecule has 112 valence electrons. The highest BCUT2D eigenvalue weighted by atomic mass is 32.2. The first kappa shape index (κ1) is 15.5. The Hall–Kier alpha value is -0.920. The SMILES string of the molecule is CS(=O)(=O)c1ccc(S(=O)(=O)NC2CCCCC2)cc1. The largest absolute Gasteiger partial charge is 0.240 e. The summed E-state index contributed by atoms with van der Waals surface area (Å²) in [6, 6.07) is 5.31. The predicted octanol–water partition coefficient (Wildman–Crippen LogP) is 1.70. The maximum Gasteiger partial charge on any atom is 0.240 e. The van der Waals surface area contributed by atoms with Crippen molar-refractivity contribution in [3.05, 3.63) is 24.3 Å². The standard InChI is InChI=1S/C13H19NO4S2/c1-19(15,16)12-7-9-13(10-8-12)20(17,18)14-11-5-3-2-4-6-11/h7-11,14H,2-6H2,1H3. The van der Waals surface area contributed by atoms with E-state index in [0.29, 0.717) is 0 Å². The second-order valence-electron chi connectivity index (χ2n) is 5.20. The first-order valence-corrected chi connectivity index (χ1v) is 9.99. The highest BCUT2D eigenvalue weighted by Crippen LogP contribution is 2.20. The van der Waals surface area contributed by atoms with Gasteiger partial charge in [-0.05, 0) is 37.1 Å². The third-order valence-electron chi connectivity index (χ3n) is 3.49. The van der Waals surface area contributed by atoms with Crippen LogP contribution in [0.2, 0.25) is 0 Å². The van der Waals surface area contributed by atoms with Crippen LogP contribution in [0.3, 0.4) is 0 Å². The van der Waals surface area contributed by atoms with E-state index in [1.54, 1.807) is 0 Å². The first-order chi connectivity index (χ1) is 9.29. The maximum atomic E-state index is 12.2. The van der Waals surface area contributed by atoms with Crippen LogP contribution in [-0.4, -0.2) is 29.1 Å². The summed E-state index contributed by atoms with van der Waals surface area (Å²) in [6.07, 6.45) is 6.06. The number of sulfone groups is 1. The second kappa shape index (κ2) is 5.83. The van der Waals surface area contributed by atoms with Crippen LogP contribution < -0.4 is 4.72 Å². The summed E-state index contributed by atoms with van der Waals surface area (Å²) in [5.74, 6) is 0. The van der Waals surface area contributed by atoms with Gasteiger partial charge in [0.25, 0.3) is 0 Å². The Morgan fingerprint density at radius 2 is 1.40 bits per heavy atom. The molecule has 0 amide bonds. The number of hydrogen-bond donors (Lipinski definition) is 1. The van der Waals surface area contributed by atoms with Crippen molar-refractivity contribution in [1.82, 2.24) is 4.72 Å². The Morgan fingerprint density at radius 3 is 1.90 bits per heavy atom. The zero-order valence-corrected chi connectivity index (χ0v) is 13.0. The van der Waals surface area contributed by atoms with Gasteiger partial charge < -0.3 is 0 Å². The fourth-order valence-corrected chi connectivity index (χ4v) is 4.31. The van der Waals surface area contributed by atoms with Crippen LogP contribution in [0.15, 0.2) is 34.1 Å². The summed E-state index contributed by atoms with van der Waals surface area (Å²) < 4.78 is 49.8. The van der Waals surface area contributed by atoms with Gasteiger partial charge in [0.1, 0.15) is 0 Å². The van der Waals surface area contributed by atoms with Crippen molar-refractivity contribution < 1.29 is 16.8 Å². The zero-order chi connectivity index (χ0) is 14.8. The van der Waals surface area contributed by atoms with Gasteiger partial charge in [0.15, 0.2) is 9.84 Å². The molecule has 0 spiro atoms. The molecule has 7 heteroatoms. The summed E-state index contributed by atoms with van der Waals surface area (Å²) in [6.45, 7) is 0. The number of rotatable bonds is 4. The van der Waals surface area contributed by atoms with Crippen LogP contribution in [-0.2, 0) is 19.9 Å². The van der Waals surface area contributed by atoms with Gasteiger partial charge in [-0.2, -0.15) is 0 Å². The fraction of sp³-hybridized carbons (Fsp3) is 0.538. The van der Waals surface area contributed by atoms with E-state index in [9.17, 15) is 16.8 Å². The Morgan fingerprint density at radius 1 is 0.900 bits per heavy atom. The van der Waals surface area contributed by atoms with Crippen molar-refractivity contribution >= 4 is 19.9 Å². The van der Waals surface area contributed by atoms with Gasteiger partial charge in [0, 0.05) is 12.3 Å². The molecule has 5 nitrogen and oxygen atoms in total. The summed E-state index contributed by atoms with van der Waals surface area (Å²) in [4.78, 5) is 0.226. The number of sulfonamides is 1. The maximum absolute atomic E-state index is 12.2. The minimum Gasteiger partial charge on any atom is -0.224 e. The predicted molar refractivity (Wildman–Crippen MR) is 76.7 cm³/mol. The second-order valence-corrected chi connectivity index (χ2v) is 8.93. The Kier molecular flexibility index (Phi) is 4.51. The minimum atomic E-state index is -3.57. The van der Waals surface area contributed by atoms with E-state index in [4.69, 9.17) is 0 Å². The Labute approximate surface area is 120 Å². The van der Waals surface area contributed by atoms with Gasteiger partial charge in [-0.3, -0.25) is 0 Å². The smallest absolute Gasteiger partial charge is 0.224 e. The molecule has 0 heterocycles. The molecule has 0 atom stereocenters. The van der Waals surface area contributed by atoms with Gasteiger partial charge in [-0.1, -0.05) is 19.3 Å². The molecule has 1 aliphatic carbocycles. The van der Waals surface area contributed by atoms with Crippen molar-refractivity contribution in [2.75, 3.05) is 6.26 Å². The average molecular weight is 317 g/mol. The Balaban J connectivity index is 2.17. The minimum absolute atomic E-state index is 0.0108. The van der Waals surface area contributed by atoms with Crippen LogP contribution in [0.25, 0.3) is 0 Å². The molecule has 20 heavy (non-hydrogen) atoms. The number of benzene rings is 1. The molecule has 1 saturated carbocycles. The lowest BCUT2D eigenvalue weighted by Gasteiger charge is -2.22. The van der Waals surface area contributed by atoms with Crippen molar-refractivity contribution in [3.63, 3.8) is 0 Å². The number of nitrogens with one attached hydrogen (secondary N) is 1. The highest BCUT2D eigenvalue weighted by molar-refractivity contribution is 7.90. The van der Waals surface area contributed by atoms with Crippen molar-refractivity contribution in [2.45, 2.75) is 47.9 Å². The molecule has 1 fully saturated rings. The molecule has 0 aromatic heterocycles. The number of hydrogen-bond acceptors (Lipinski definition) is 4. The molecule has 0 bridgehead atoms.